The second-order valence-electron chi connectivity index (χ2n) is 9.55. The van der Waals surface area contributed by atoms with E-state index in [1.807, 2.05) is 48.5 Å². The molecule has 0 aromatic heterocycles. The van der Waals surface area contributed by atoms with Crippen molar-refractivity contribution in [1.82, 2.24) is 0 Å². The van der Waals surface area contributed by atoms with Crippen molar-refractivity contribution >= 4 is 11.6 Å². The molecule has 0 amide bonds. The van der Waals surface area contributed by atoms with Crippen molar-refractivity contribution in [2.45, 2.75) is 17.3 Å². The molecule has 3 aromatic carbocycles. The maximum atomic E-state index is 14.3. The van der Waals surface area contributed by atoms with Crippen molar-refractivity contribution in [2.24, 2.45) is 23.7 Å². The number of hydrogen-bond acceptors (Lipinski definition) is 2. The van der Waals surface area contributed by atoms with Gasteiger partial charge in [-0.2, -0.15) is 0 Å². The lowest BCUT2D eigenvalue weighted by Gasteiger charge is -2.61. The van der Waals surface area contributed by atoms with Gasteiger partial charge in [-0.15, -0.1) is 0 Å². The van der Waals surface area contributed by atoms with Crippen molar-refractivity contribution < 1.29 is 9.59 Å². The molecular weight excluding hydrogens is 380 g/mol. The molecule has 2 fully saturated rings. The molecule has 2 nitrogen and oxygen atoms in total. The summed E-state index contributed by atoms with van der Waals surface area (Å²) in [7, 11) is 0. The molecule has 6 atom stereocenters. The largest absolute Gasteiger partial charge is 0.289 e. The molecule has 3 aromatic rings. The van der Waals surface area contributed by atoms with E-state index in [4.69, 9.17) is 0 Å². The molecule has 4 bridgehead atoms. The van der Waals surface area contributed by atoms with Crippen molar-refractivity contribution in [2.75, 3.05) is 0 Å². The number of benzene rings is 3. The standard InChI is InChI=1S/C29H22O2/c30-26-27(31)29(21-11-5-2-6-12-21)23-14-8-7-13-22(23)28(26,20-9-3-1-4-10-20)24-18-15-16-19(17-18)25(24)29/h1-16,18-19,24-25H,17H2/t18-,19+,24+,25-,28+,29-. The van der Waals surface area contributed by atoms with Crippen LogP contribution in [0.25, 0.3) is 0 Å². The summed E-state index contributed by atoms with van der Waals surface area (Å²) < 4.78 is 0. The Morgan fingerprint density at radius 2 is 0.935 bits per heavy atom. The summed E-state index contributed by atoms with van der Waals surface area (Å²) in [4.78, 5) is 28.6. The third-order valence-electron chi connectivity index (χ3n) is 8.62. The first-order valence-electron chi connectivity index (χ1n) is 11.2. The minimum Gasteiger partial charge on any atom is -0.289 e. The van der Waals surface area contributed by atoms with Crippen LogP contribution in [0.1, 0.15) is 28.7 Å². The van der Waals surface area contributed by atoms with Crippen molar-refractivity contribution in [3.63, 3.8) is 0 Å². The average molecular weight is 402 g/mol. The van der Waals surface area contributed by atoms with E-state index in [0.717, 1.165) is 28.7 Å². The van der Waals surface area contributed by atoms with Gasteiger partial charge in [-0.1, -0.05) is 97.1 Å². The topological polar surface area (TPSA) is 34.1 Å². The van der Waals surface area contributed by atoms with Crippen molar-refractivity contribution in [3.8, 4) is 0 Å². The fourth-order valence-corrected chi connectivity index (χ4v) is 7.80. The van der Waals surface area contributed by atoms with Crippen LogP contribution in [0, 0.1) is 23.7 Å². The monoisotopic (exact) mass is 402 g/mol. The maximum absolute atomic E-state index is 14.3. The summed E-state index contributed by atoms with van der Waals surface area (Å²) in [6.07, 6.45) is 5.67. The number of rotatable bonds is 2. The van der Waals surface area contributed by atoms with E-state index in [1.165, 1.54) is 0 Å². The molecule has 2 heteroatoms. The minimum atomic E-state index is -0.889. The maximum Gasteiger partial charge on any atom is 0.214 e. The Kier molecular flexibility index (Phi) is 3.20. The van der Waals surface area contributed by atoms with Gasteiger partial charge in [0.15, 0.2) is 0 Å². The van der Waals surface area contributed by atoms with Gasteiger partial charge in [0.25, 0.3) is 0 Å². The summed E-state index contributed by atoms with van der Waals surface area (Å²) >= 11 is 0. The molecule has 2 saturated carbocycles. The number of hydrogen-bond donors (Lipinski definition) is 0. The van der Waals surface area contributed by atoms with Gasteiger partial charge in [-0.3, -0.25) is 9.59 Å². The van der Waals surface area contributed by atoms with Gasteiger partial charge in [-0.25, -0.2) is 0 Å². The van der Waals surface area contributed by atoms with Crippen LogP contribution in [-0.2, 0) is 20.4 Å². The third kappa shape index (κ3) is 1.75. The highest BCUT2D eigenvalue weighted by Crippen LogP contribution is 2.71. The van der Waals surface area contributed by atoms with Gasteiger partial charge in [-0.05, 0) is 52.3 Å². The predicted molar refractivity (Wildman–Crippen MR) is 119 cm³/mol. The first kappa shape index (κ1) is 17.4. The predicted octanol–water partition coefficient (Wildman–Crippen LogP) is 4.86. The number of allylic oxidation sites excluding steroid dienone is 2. The summed E-state index contributed by atoms with van der Waals surface area (Å²) in [5.74, 6) is 0.412. The molecule has 0 N–H and O–H groups in total. The summed E-state index contributed by atoms with van der Waals surface area (Å²) in [6.45, 7) is 0. The van der Waals surface area contributed by atoms with Gasteiger partial charge in [0, 0.05) is 0 Å². The third-order valence-corrected chi connectivity index (χ3v) is 8.62. The molecule has 150 valence electrons. The summed E-state index contributed by atoms with van der Waals surface area (Å²) in [5, 5.41) is 0. The highest BCUT2D eigenvalue weighted by Gasteiger charge is 2.76. The van der Waals surface area contributed by atoms with E-state index in [2.05, 4.69) is 48.6 Å². The van der Waals surface area contributed by atoms with Crippen LogP contribution < -0.4 is 0 Å². The van der Waals surface area contributed by atoms with Crippen LogP contribution in [0.2, 0.25) is 0 Å². The van der Waals surface area contributed by atoms with Crippen LogP contribution in [0.15, 0.2) is 97.1 Å². The highest BCUT2D eigenvalue weighted by atomic mass is 16.2. The van der Waals surface area contributed by atoms with E-state index in [0.29, 0.717) is 11.8 Å². The molecule has 0 saturated heterocycles. The Labute approximate surface area is 181 Å². The fraction of sp³-hybridized carbons (Fsp3) is 0.241. The Bertz CT molecular complexity index is 1180. The average Bonchev–Trinajstić information content (AvgIpc) is 3.46. The summed E-state index contributed by atoms with van der Waals surface area (Å²) in [5.41, 5.74) is 2.24. The molecule has 0 heterocycles. The van der Waals surface area contributed by atoms with Gasteiger partial charge in [0.05, 0.1) is 10.8 Å². The molecular formula is C29H22O2. The Morgan fingerprint density at radius 3 is 1.35 bits per heavy atom. The Balaban J connectivity index is 1.68. The van der Waals surface area contributed by atoms with Crippen molar-refractivity contribution in [1.29, 1.82) is 0 Å². The normalized spacial score (nSPS) is 36.5. The summed E-state index contributed by atoms with van der Waals surface area (Å²) in [6, 6.07) is 28.4. The number of fused-ring (bicyclic) bond motifs is 3. The van der Waals surface area contributed by atoms with Gasteiger partial charge < -0.3 is 0 Å². The number of carbonyl (C=O) groups excluding carboxylic acids is 2. The second kappa shape index (κ2) is 5.70. The van der Waals surface area contributed by atoms with Crippen LogP contribution in [-0.4, -0.2) is 11.6 Å². The van der Waals surface area contributed by atoms with Gasteiger partial charge in [0.1, 0.15) is 0 Å². The van der Waals surface area contributed by atoms with E-state index in [9.17, 15) is 9.59 Å². The number of ketones is 2. The second-order valence-corrected chi connectivity index (χ2v) is 9.55. The smallest absolute Gasteiger partial charge is 0.214 e. The van der Waals surface area contributed by atoms with Crippen molar-refractivity contribution in [3.05, 3.63) is 119 Å². The van der Waals surface area contributed by atoms with Crippen LogP contribution in [0.3, 0.4) is 0 Å². The SMILES string of the molecule is O=C1C(=O)[C@]2(c3ccccc3)c3ccccc3[C@@]1(c1ccccc1)[C@@H]1[C@H]2[C@H]2C=C[C@@H]1C2. The molecule has 0 radical (unpaired) electrons. The van der Waals surface area contributed by atoms with Crippen LogP contribution in [0.4, 0.5) is 0 Å². The molecule has 5 aliphatic carbocycles. The van der Waals surface area contributed by atoms with E-state index < -0.39 is 10.8 Å². The molecule has 5 aliphatic rings. The zero-order valence-corrected chi connectivity index (χ0v) is 17.1. The molecule has 8 rings (SSSR count). The van der Waals surface area contributed by atoms with E-state index in [1.54, 1.807) is 0 Å². The highest BCUT2D eigenvalue weighted by molar-refractivity contribution is 6.47. The van der Waals surface area contributed by atoms with E-state index >= 15 is 0 Å². The lowest BCUT2D eigenvalue weighted by Crippen LogP contribution is -2.70. The lowest BCUT2D eigenvalue weighted by molar-refractivity contribution is -0.152. The molecule has 0 unspecified atom stereocenters. The molecule has 0 spiro atoms. The lowest BCUT2D eigenvalue weighted by atomic mass is 9.38. The van der Waals surface area contributed by atoms with Crippen LogP contribution >= 0.6 is 0 Å². The quantitative estimate of drug-likeness (QED) is 0.453. The first-order chi connectivity index (χ1) is 15.2. The van der Waals surface area contributed by atoms with Gasteiger partial charge in [0.2, 0.25) is 11.6 Å². The van der Waals surface area contributed by atoms with Crippen LogP contribution in [0.5, 0.6) is 0 Å². The zero-order valence-electron chi connectivity index (χ0n) is 17.1. The number of carbonyl (C=O) groups is 2. The number of Topliss-reactive ketones (excluding diaryl/α,β-unsaturated/α-hetero) is 2. The van der Waals surface area contributed by atoms with E-state index in [-0.39, 0.29) is 23.4 Å². The minimum absolute atomic E-state index is 0.102. The zero-order chi connectivity index (χ0) is 20.8. The first-order valence-corrected chi connectivity index (χ1v) is 11.2. The Hall–Kier alpha value is -3.26. The van der Waals surface area contributed by atoms with Gasteiger partial charge >= 0.3 is 0 Å². The molecule has 0 aliphatic heterocycles. The molecule has 31 heavy (non-hydrogen) atoms. The fourth-order valence-electron chi connectivity index (χ4n) is 7.80. The Morgan fingerprint density at radius 1 is 0.548 bits per heavy atom.